The molecule has 0 atom stereocenters. The van der Waals surface area contributed by atoms with Crippen molar-refractivity contribution in [2.24, 2.45) is 0 Å². The fraction of sp³-hybridized carbons (Fsp3) is 0.190. The first-order valence-electron chi connectivity index (χ1n) is 8.95. The normalized spacial score (nSPS) is 15.3. The standard InChI is InChI=1S/C21H19BrN2O5S/c1-4-29-14-7-5-6-13(10-14)24-20(26)15(19(25)23-21(24)30)8-12-9-16(22)18(28-3)11-17(12)27-2/h5-11H,4H2,1-3H3,(H,23,25,30)/b15-8-. The highest BCUT2D eigenvalue weighted by atomic mass is 79.9. The molecule has 0 bridgehead atoms. The Morgan fingerprint density at radius 2 is 1.87 bits per heavy atom. The highest BCUT2D eigenvalue weighted by molar-refractivity contribution is 9.10. The third kappa shape index (κ3) is 4.31. The average molecular weight is 491 g/mol. The minimum absolute atomic E-state index is 0.00123. The summed E-state index contributed by atoms with van der Waals surface area (Å²) in [4.78, 5) is 27.0. The average Bonchev–Trinajstić information content (AvgIpc) is 2.71. The molecule has 1 aliphatic heterocycles. The van der Waals surface area contributed by atoms with Gasteiger partial charge in [0.1, 0.15) is 22.8 Å². The van der Waals surface area contributed by atoms with Gasteiger partial charge in [0, 0.05) is 17.7 Å². The molecule has 30 heavy (non-hydrogen) atoms. The summed E-state index contributed by atoms with van der Waals surface area (Å²) in [6.45, 7) is 2.35. The Labute approximate surface area is 187 Å². The van der Waals surface area contributed by atoms with Crippen LogP contribution in [0.2, 0.25) is 0 Å². The molecule has 1 aliphatic rings. The molecule has 2 amide bonds. The van der Waals surface area contributed by atoms with Crippen LogP contribution in [-0.2, 0) is 9.59 Å². The van der Waals surface area contributed by atoms with Crippen molar-refractivity contribution in [3.63, 3.8) is 0 Å². The van der Waals surface area contributed by atoms with Crippen molar-refractivity contribution in [3.05, 3.63) is 52.0 Å². The molecular weight excluding hydrogens is 472 g/mol. The predicted octanol–water partition coefficient (Wildman–Crippen LogP) is 3.70. The molecule has 2 aromatic rings. The van der Waals surface area contributed by atoms with Gasteiger partial charge in [0.15, 0.2) is 5.11 Å². The second-order valence-electron chi connectivity index (χ2n) is 6.12. The van der Waals surface area contributed by atoms with E-state index in [1.165, 1.54) is 25.2 Å². The number of hydrogen-bond acceptors (Lipinski definition) is 6. The van der Waals surface area contributed by atoms with Gasteiger partial charge in [0.2, 0.25) is 0 Å². The summed E-state index contributed by atoms with van der Waals surface area (Å²) in [5.74, 6) is 0.460. The zero-order valence-corrected chi connectivity index (χ0v) is 18.9. The van der Waals surface area contributed by atoms with Crippen LogP contribution < -0.4 is 24.4 Å². The van der Waals surface area contributed by atoms with Gasteiger partial charge in [-0.1, -0.05) is 6.07 Å². The number of benzene rings is 2. The van der Waals surface area contributed by atoms with E-state index in [1.807, 2.05) is 6.92 Å². The van der Waals surface area contributed by atoms with Gasteiger partial charge in [0.05, 0.1) is 31.0 Å². The number of carbonyl (C=O) groups is 2. The van der Waals surface area contributed by atoms with E-state index in [9.17, 15) is 9.59 Å². The van der Waals surface area contributed by atoms with E-state index < -0.39 is 11.8 Å². The van der Waals surface area contributed by atoms with Crippen LogP contribution in [0.3, 0.4) is 0 Å². The Kier molecular flexibility index (Phi) is 6.73. The van der Waals surface area contributed by atoms with Crippen LogP contribution in [0.4, 0.5) is 5.69 Å². The number of thiocarbonyl (C=S) groups is 1. The molecule has 1 N–H and O–H groups in total. The maximum absolute atomic E-state index is 13.2. The van der Waals surface area contributed by atoms with Crippen LogP contribution >= 0.6 is 28.1 Å². The van der Waals surface area contributed by atoms with E-state index in [0.29, 0.717) is 39.6 Å². The fourth-order valence-electron chi connectivity index (χ4n) is 2.92. The third-order valence-corrected chi connectivity index (χ3v) is 5.20. The minimum atomic E-state index is -0.587. The highest BCUT2D eigenvalue weighted by Gasteiger charge is 2.35. The number of anilines is 1. The lowest BCUT2D eigenvalue weighted by Crippen LogP contribution is -2.54. The molecule has 0 unspecified atom stereocenters. The van der Waals surface area contributed by atoms with Crippen molar-refractivity contribution in [2.75, 3.05) is 25.7 Å². The van der Waals surface area contributed by atoms with E-state index in [0.717, 1.165) is 0 Å². The second kappa shape index (κ2) is 9.27. The molecule has 2 aromatic carbocycles. The van der Waals surface area contributed by atoms with Gasteiger partial charge >= 0.3 is 0 Å². The Morgan fingerprint density at radius 1 is 1.13 bits per heavy atom. The molecule has 1 fully saturated rings. The van der Waals surface area contributed by atoms with Gasteiger partial charge < -0.3 is 14.2 Å². The van der Waals surface area contributed by atoms with Gasteiger partial charge in [-0.2, -0.15) is 0 Å². The van der Waals surface area contributed by atoms with Crippen molar-refractivity contribution >= 4 is 56.8 Å². The number of hydrogen-bond donors (Lipinski definition) is 1. The number of methoxy groups -OCH3 is 2. The lowest BCUT2D eigenvalue weighted by Gasteiger charge is -2.29. The molecule has 0 radical (unpaired) electrons. The summed E-state index contributed by atoms with van der Waals surface area (Å²) in [5.41, 5.74) is 0.935. The number of rotatable bonds is 6. The molecule has 1 heterocycles. The van der Waals surface area contributed by atoms with E-state index in [4.69, 9.17) is 26.4 Å². The van der Waals surface area contributed by atoms with Gasteiger partial charge in [-0.25, -0.2) is 0 Å². The molecular formula is C21H19BrN2O5S. The molecule has 156 valence electrons. The molecule has 7 nitrogen and oxygen atoms in total. The fourth-order valence-corrected chi connectivity index (χ4v) is 3.73. The van der Waals surface area contributed by atoms with Crippen LogP contribution in [0.5, 0.6) is 17.2 Å². The summed E-state index contributed by atoms with van der Waals surface area (Å²) >= 11 is 8.65. The van der Waals surface area contributed by atoms with Gasteiger partial charge in [0.25, 0.3) is 11.8 Å². The first-order valence-corrected chi connectivity index (χ1v) is 10.2. The Hall–Kier alpha value is -2.91. The maximum Gasteiger partial charge on any atom is 0.270 e. The van der Waals surface area contributed by atoms with Gasteiger partial charge in [-0.3, -0.25) is 19.8 Å². The van der Waals surface area contributed by atoms with Crippen molar-refractivity contribution in [2.45, 2.75) is 6.92 Å². The summed E-state index contributed by atoms with van der Waals surface area (Å²) in [6, 6.07) is 10.3. The number of carbonyl (C=O) groups excluding carboxylic acids is 2. The monoisotopic (exact) mass is 490 g/mol. The first-order chi connectivity index (χ1) is 14.4. The Balaban J connectivity index is 2.05. The number of halogens is 1. The van der Waals surface area contributed by atoms with E-state index >= 15 is 0 Å². The van der Waals surface area contributed by atoms with E-state index in [2.05, 4.69) is 21.2 Å². The van der Waals surface area contributed by atoms with E-state index in [1.54, 1.807) is 36.4 Å². The lowest BCUT2D eigenvalue weighted by molar-refractivity contribution is -0.122. The highest BCUT2D eigenvalue weighted by Crippen LogP contribution is 2.35. The number of nitrogens with one attached hydrogen (secondary N) is 1. The maximum atomic E-state index is 13.2. The minimum Gasteiger partial charge on any atom is -0.496 e. The summed E-state index contributed by atoms with van der Waals surface area (Å²) < 4.78 is 16.8. The second-order valence-corrected chi connectivity index (χ2v) is 7.36. The predicted molar refractivity (Wildman–Crippen MR) is 121 cm³/mol. The quantitative estimate of drug-likeness (QED) is 0.378. The summed E-state index contributed by atoms with van der Waals surface area (Å²) in [7, 11) is 3.03. The smallest absolute Gasteiger partial charge is 0.270 e. The van der Waals surface area contributed by atoms with Crippen LogP contribution in [-0.4, -0.2) is 37.8 Å². The zero-order valence-electron chi connectivity index (χ0n) is 16.5. The topological polar surface area (TPSA) is 77.1 Å². The summed E-state index contributed by atoms with van der Waals surface area (Å²) in [5, 5.41) is 2.56. The zero-order chi connectivity index (χ0) is 21.8. The van der Waals surface area contributed by atoms with E-state index in [-0.39, 0.29) is 10.7 Å². The molecule has 3 rings (SSSR count). The van der Waals surface area contributed by atoms with Crippen molar-refractivity contribution < 1.29 is 23.8 Å². The van der Waals surface area contributed by atoms with Gasteiger partial charge in [-0.15, -0.1) is 0 Å². The molecule has 0 aromatic heterocycles. The molecule has 0 spiro atoms. The van der Waals surface area contributed by atoms with Crippen molar-refractivity contribution in [1.29, 1.82) is 0 Å². The molecule has 9 heteroatoms. The SMILES string of the molecule is CCOc1cccc(N2C(=O)/C(=C\c3cc(Br)c(OC)cc3OC)C(=O)NC2=S)c1. The van der Waals surface area contributed by atoms with Crippen molar-refractivity contribution in [1.82, 2.24) is 5.32 Å². The van der Waals surface area contributed by atoms with Crippen LogP contribution in [0.25, 0.3) is 6.08 Å². The first kappa shape index (κ1) is 21.8. The molecule has 0 saturated carbocycles. The number of ether oxygens (including phenoxy) is 3. The Morgan fingerprint density at radius 3 is 2.53 bits per heavy atom. The van der Waals surface area contributed by atoms with Crippen LogP contribution in [0.15, 0.2) is 46.4 Å². The Bertz CT molecular complexity index is 1050. The third-order valence-electron chi connectivity index (χ3n) is 4.29. The number of nitrogens with zero attached hydrogens (tertiary/aromatic N) is 1. The van der Waals surface area contributed by atoms with Crippen LogP contribution in [0.1, 0.15) is 12.5 Å². The molecule has 0 aliphatic carbocycles. The summed E-state index contributed by atoms with van der Waals surface area (Å²) in [6.07, 6.45) is 1.46. The van der Waals surface area contributed by atoms with Crippen molar-refractivity contribution in [3.8, 4) is 17.2 Å². The van der Waals surface area contributed by atoms with Crippen LogP contribution in [0, 0.1) is 0 Å². The lowest BCUT2D eigenvalue weighted by atomic mass is 10.1. The largest absolute Gasteiger partial charge is 0.496 e. The van der Waals surface area contributed by atoms with Gasteiger partial charge in [-0.05, 0) is 59.3 Å². The number of amides is 2. The molecule has 1 saturated heterocycles.